The quantitative estimate of drug-likeness (QED) is 0.375. The second-order valence-electron chi connectivity index (χ2n) is 6.26. The van der Waals surface area contributed by atoms with Crippen LogP contribution in [0.2, 0.25) is 0 Å². The lowest BCUT2D eigenvalue weighted by Gasteiger charge is -2.36. The van der Waals surface area contributed by atoms with E-state index in [9.17, 15) is 12.8 Å². The van der Waals surface area contributed by atoms with Crippen molar-refractivity contribution in [3.05, 3.63) is 30.1 Å². The Labute approximate surface area is 170 Å². The van der Waals surface area contributed by atoms with Crippen LogP contribution in [-0.2, 0) is 14.6 Å². The molecule has 146 valence electrons. The van der Waals surface area contributed by atoms with Crippen molar-refractivity contribution in [1.29, 1.82) is 0 Å². The average molecular weight is 498 g/mol. The third kappa shape index (κ3) is 5.68. The van der Waals surface area contributed by atoms with Crippen LogP contribution in [-0.4, -0.2) is 76.2 Å². The lowest BCUT2D eigenvalue weighted by Crippen LogP contribution is -2.51. The number of aliphatic imine (C=N–C) groups is 1. The third-order valence-electron chi connectivity index (χ3n) is 4.44. The molecule has 1 unspecified atom stereocenters. The molecule has 0 aliphatic carbocycles. The van der Waals surface area contributed by atoms with E-state index in [1.165, 1.54) is 12.1 Å². The number of sulfone groups is 1. The van der Waals surface area contributed by atoms with E-state index in [1.54, 1.807) is 12.1 Å². The van der Waals surface area contributed by atoms with Gasteiger partial charge in [0, 0.05) is 31.9 Å². The van der Waals surface area contributed by atoms with Gasteiger partial charge in [-0.3, -0.25) is 4.99 Å². The topological polar surface area (TPSA) is 88.2 Å². The normalized spacial score (nSPS) is 23.4. The Hall–Kier alpha value is -1.14. The van der Waals surface area contributed by atoms with Gasteiger partial charge >= 0.3 is 0 Å². The van der Waals surface area contributed by atoms with Crippen LogP contribution < -0.4 is 10.6 Å². The smallest absolute Gasteiger partial charge is 0.191 e. The largest absolute Gasteiger partial charge is 0.374 e. The summed E-state index contributed by atoms with van der Waals surface area (Å²) in [4.78, 5) is 8.45. The molecule has 0 bridgehead atoms. The van der Waals surface area contributed by atoms with Crippen molar-refractivity contribution in [2.45, 2.75) is 6.10 Å². The Kier molecular flexibility index (Phi) is 7.47. The van der Waals surface area contributed by atoms with E-state index in [2.05, 4.69) is 9.89 Å². The number of ether oxygens (including phenoxy) is 1. The van der Waals surface area contributed by atoms with E-state index >= 15 is 0 Å². The summed E-state index contributed by atoms with van der Waals surface area (Å²) in [5.41, 5.74) is 7.02. The van der Waals surface area contributed by atoms with Crippen molar-refractivity contribution >= 4 is 45.5 Å². The van der Waals surface area contributed by atoms with Gasteiger partial charge in [0.2, 0.25) is 0 Å². The van der Waals surface area contributed by atoms with Crippen molar-refractivity contribution in [3.8, 4) is 0 Å². The van der Waals surface area contributed by atoms with E-state index in [1.807, 2.05) is 4.90 Å². The molecule has 2 fully saturated rings. The van der Waals surface area contributed by atoms with Crippen LogP contribution in [0.15, 0.2) is 29.3 Å². The lowest BCUT2D eigenvalue weighted by atomic mass is 10.2. The maximum atomic E-state index is 13.0. The Morgan fingerprint density at radius 2 is 1.88 bits per heavy atom. The number of nitrogens with zero attached hydrogens (tertiary/aromatic N) is 3. The number of anilines is 1. The van der Waals surface area contributed by atoms with Gasteiger partial charge in [-0.05, 0) is 24.3 Å². The minimum Gasteiger partial charge on any atom is -0.374 e. The summed E-state index contributed by atoms with van der Waals surface area (Å²) in [7, 11) is -3.03. The van der Waals surface area contributed by atoms with Crippen LogP contribution in [0, 0.1) is 5.82 Å². The zero-order valence-electron chi connectivity index (χ0n) is 14.4. The van der Waals surface area contributed by atoms with E-state index in [-0.39, 0.29) is 54.5 Å². The number of halogens is 2. The third-order valence-corrected chi connectivity index (χ3v) is 6.11. The van der Waals surface area contributed by atoms with E-state index < -0.39 is 15.9 Å². The number of hydrogen-bond acceptors (Lipinski definition) is 5. The molecular formula is C16H24FIN4O3S. The molecule has 26 heavy (non-hydrogen) atoms. The summed E-state index contributed by atoms with van der Waals surface area (Å²) in [5, 5.41) is 0. The fourth-order valence-corrected chi connectivity index (χ4v) is 4.29. The van der Waals surface area contributed by atoms with Crippen LogP contribution in [0.4, 0.5) is 10.1 Å². The zero-order chi connectivity index (χ0) is 17.9. The van der Waals surface area contributed by atoms with Gasteiger partial charge in [-0.2, -0.15) is 0 Å². The van der Waals surface area contributed by atoms with Gasteiger partial charge in [-0.15, -0.1) is 24.0 Å². The maximum absolute atomic E-state index is 13.0. The number of hydrogen-bond donors (Lipinski definition) is 1. The molecule has 0 radical (unpaired) electrons. The van der Waals surface area contributed by atoms with Gasteiger partial charge in [0.15, 0.2) is 15.8 Å². The average Bonchev–Trinajstić information content (AvgIpc) is 2.60. The maximum Gasteiger partial charge on any atom is 0.191 e. The van der Waals surface area contributed by atoms with Crippen LogP contribution in [0.5, 0.6) is 0 Å². The van der Waals surface area contributed by atoms with Crippen molar-refractivity contribution in [2.75, 3.05) is 55.7 Å². The van der Waals surface area contributed by atoms with Crippen molar-refractivity contribution < 1.29 is 17.5 Å². The van der Waals surface area contributed by atoms with Gasteiger partial charge < -0.3 is 20.3 Å². The van der Waals surface area contributed by atoms with Crippen molar-refractivity contribution in [1.82, 2.24) is 4.90 Å². The van der Waals surface area contributed by atoms with E-state index in [0.717, 1.165) is 18.8 Å². The minimum absolute atomic E-state index is 0. The highest BCUT2D eigenvalue weighted by Gasteiger charge is 2.25. The molecular weight excluding hydrogens is 474 g/mol. The number of nitrogens with two attached hydrogens (primary N) is 1. The Bertz CT molecular complexity index is 722. The summed E-state index contributed by atoms with van der Waals surface area (Å²) in [6.45, 7) is 3.40. The van der Waals surface area contributed by atoms with Gasteiger partial charge in [0.1, 0.15) is 5.82 Å². The molecule has 1 atom stereocenters. The van der Waals surface area contributed by atoms with Crippen LogP contribution in [0.3, 0.4) is 0 Å². The molecule has 10 heteroatoms. The highest BCUT2D eigenvalue weighted by molar-refractivity contribution is 14.0. The van der Waals surface area contributed by atoms with Crippen molar-refractivity contribution in [2.24, 2.45) is 10.7 Å². The molecule has 0 amide bonds. The first kappa shape index (κ1) is 21.2. The molecule has 2 aliphatic rings. The molecule has 2 aliphatic heterocycles. The molecule has 3 rings (SSSR count). The summed E-state index contributed by atoms with van der Waals surface area (Å²) in [6.07, 6.45) is -0.419. The first-order valence-corrected chi connectivity index (χ1v) is 10.1. The van der Waals surface area contributed by atoms with Crippen molar-refractivity contribution in [3.63, 3.8) is 0 Å². The molecule has 7 nitrogen and oxygen atoms in total. The molecule has 2 N–H and O–H groups in total. The highest BCUT2D eigenvalue weighted by Crippen LogP contribution is 2.17. The SMILES string of the molecule is I.NC(=NCC1CS(=O)(=O)CCO1)N1CCN(c2ccc(F)cc2)CC1. The van der Waals surface area contributed by atoms with Gasteiger partial charge in [-0.1, -0.05) is 0 Å². The monoisotopic (exact) mass is 498 g/mol. The minimum atomic E-state index is -3.03. The van der Waals surface area contributed by atoms with Gasteiger partial charge in [-0.25, -0.2) is 12.8 Å². The van der Waals surface area contributed by atoms with Crippen LogP contribution in [0.25, 0.3) is 0 Å². The van der Waals surface area contributed by atoms with E-state index in [0.29, 0.717) is 19.0 Å². The Morgan fingerprint density at radius 3 is 2.50 bits per heavy atom. The van der Waals surface area contributed by atoms with Gasteiger partial charge in [0.05, 0.1) is 30.8 Å². The Morgan fingerprint density at radius 1 is 1.23 bits per heavy atom. The molecule has 0 saturated carbocycles. The number of piperazine rings is 1. The van der Waals surface area contributed by atoms with E-state index in [4.69, 9.17) is 10.5 Å². The zero-order valence-corrected chi connectivity index (χ0v) is 17.5. The first-order chi connectivity index (χ1) is 11.9. The lowest BCUT2D eigenvalue weighted by molar-refractivity contribution is 0.0781. The summed E-state index contributed by atoms with van der Waals surface area (Å²) >= 11 is 0. The van der Waals surface area contributed by atoms with Gasteiger partial charge in [0.25, 0.3) is 0 Å². The number of guanidine groups is 1. The molecule has 0 spiro atoms. The predicted molar refractivity (Wildman–Crippen MR) is 110 cm³/mol. The molecule has 1 aromatic rings. The number of rotatable bonds is 3. The molecule has 0 aromatic heterocycles. The first-order valence-electron chi connectivity index (χ1n) is 8.30. The predicted octanol–water partition coefficient (Wildman–Crippen LogP) is 0.694. The molecule has 1 aromatic carbocycles. The summed E-state index contributed by atoms with van der Waals surface area (Å²) < 4.78 is 41.6. The Balaban J connectivity index is 0.00000243. The second kappa shape index (κ2) is 9.18. The molecule has 2 saturated heterocycles. The highest BCUT2D eigenvalue weighted by atomic mass is 127. The fraction of sp³-hybridized carbons (Fsp3) is 0.562. The second-order valence-corrected chi connectivity index (χ2v) is 8.49. The summed E-state index contributed by atoms with van der Waals surface area (Å²) in [5.74, 6) is 0.243. The molecule has 2 heterocycles. The summed E-state index contributed by atoms with van der Waals surface area (Å²) in [6, 6.07) is 6.44. The van der Waals surface area contributed by atoms with Crippen LogP contribution in [0.1, 0.15) is 0 Å². The fourth-order valence-electron chi connectivity index (χ4n) is 3.00. The number of benzene rings is 1. The van der Waals surface area contributed by atoms with Crippen LogP contribution >= 0.6 is 24.0 Å². The standard InChI is InChI=1S/C16H23FN4O3S.HI/c17-13-1-3-14(4-2-13)20-5-7-21(8-6-20)16(18)19-11-15-12-25(22,23)10-9-24-15;/h1-4,15H,5-12H2,(H2,18,19);1H.